The zero-order valence-corrected chi connectivity index (χ0v) is 23.0. The van der Waals surface area contributed by atoms with Crippen molar-refractivity contribution in [3.8, 4) is 17.2 Å². The number of benzene rings is 2. The largest absolute Gasteiger partial charge is 0.493 e. The van der Waals surface area contributed by atoms with Crippen molar-refractivity contribution in [1.29, 1.82) is 0 Å². The van der Waals surface area contributed by atoms with Crippen molar-refractivity contribution in [3.63, 3.8) is 0 Å². The minimum absolute atomic E-state index is 0.390. The molecular formula is C30H31FN4O5. The maximum atomic E-state index is 13.2. The Kier molecular flexibility index (Phi) is 8.47. The number of hydrogen-bond donors (Lipinski definition) is 2. The molecule has 9 nitrogen and oxygen atoms in total. The van der Waals surface area contributed by atoms with Gasteiger partial charge in [0.15, 0.2) is 11.5 Å². The molecule has 2 heterocycles. The van der Waals surface area contributed by atoms with Crippen molar-refractivity contribution in [3.05, 3.63) is 77.7 Å². The van der Waals surface area contributed by atoms with Crippen LogP contribution >= 0.6 is 0 Å². The number of carbonyl (C=O) groups is 2. The van der Waals surface area contributed by atoms with Crippen molar-refractivity contribution in [1.82, 2.24) is 10.3 Å². The summed E-state index contributed by atoms with van der Waals surface area (Å²) in [7, 11) is 3.12. The predicted octanol–water partition coefficient (Wildman–Crippen LogP) is 5.53. The Labute approximate surface area is 231 Å². The summed E-state index contributed by atoms with van der Waals surface area (Å²) in [4.78, 5) is 34.9. The number of halogens is 1. The van der Waals surface area contributed by atoms with Gasteiger partial charge in [0.1, 0.15) is 17.0 Å². The fourth-order valence-electron chi connectivity index (χ4n) is 3.92. The third kappa shape index (κ3) is 6.12. The van der Waals surface area contributed by atoms with Gasteiger partial charge in [0.25, 0.3) is 0 Å². The van der Waals surface area contributed by atoms with Crippen LogP contribution in [0.15, 0.2) is 76.9 Å². The zero-order valence-electron chi connectivity index (χ0n) is 23.0. The Morgan fingerprint density at radius 1 is 0.975 bits per heavy atom. The van der Waals surface area contributed by atoms with Gasteiger partial charge >= 0.3 is 0 Å². The second-order valence-electron chi connectivity index (χ2n) is 9.56. The average molecular weight is 547 g/mol. The summed E-state index contributed by atoms with van der Waals surface area (Å²) in [5, 5.41) is 6.16. The number of ether oxygens (including phenoxy) is 3. The summed E-state index contributed by atoms with van der Waals surface area (Å²) < 4.78 is 30.3. The van der Waals surface area contributed by atoms with E-state index in [2.05, 4.69) is 20.6 Å². The highest BCUT2D eigenvalue weighted by Gasteiger charge is 2.36. The first-order valence-corrected chi connectivity index (χ1v) is 12.7. The molecule has 1 aliphatic heterocycles. The summed E-state index contributed by atoms with van der Waals surface area (Å²) in [6.07, 6.45) is 6.10. The highest BCUT2D eigenvalue weighted by Crippen LogP contribution is 2.36. The fourth-order valence-corrected chi connectivity index (χ4v) is 3.92. The predicted molar refractivity (Wildman–Crippen MR) is 151 cm³/mol. The molecule has 2 aromatic carbocycles. The Balaban J connectivity index is 1.51. The number of anilines is 1. The van der Waals surface area contributed by atoms with Gasteiger partial charge in [-0.15, -0.1) is 0 Å². The van der Waals surface area contributed by atoms with Gasteiger partial charge in [-0.3, -0.25) is 14.6 Å². The number of fused-ring (bicyclic) bond motifs is 1. The van der Waals surface area contributed by atoms with E-state index in [1.807, 2.05) is 13.0 Å². The second kappa shape index (κ2) is 12.0. The molecule has 0 fully saturated rings. The summed E-state index contributed by atoms with van der Waals surface area (Å²) in [6, 6.07) is 10.6. The molecule has 0 aliphatic carbocycles. The Bertz CT molecular complexity index is 1530. The quantitative estimate of drug-likeness (QED) is 0.342. The summed E-state index contributed by atoms with van der Waals surface area (Å²) in [5.41, 5.74) is 0.980. The molecule has 0 radical (unpaired) electrons. The number of aliphatic imine (C=N–C) groups is 1. The molecule has 0 spiro atoms. The van der Waals surface area contributed by atoms with Crippen LogP contribution < -0.4 is 24.8 Å². The van der Waals surface area contributed by atoms with E-state index in [-0.39, 0.29) is 0 Å². The lowest BCUT2D eigenvalue weighted by molar-refractivity contribution is -0.137. The van der Waals surface area contributed by atoms with Crippen LogP contribution in [0, 0.1) is 11.2 Å². The maximum absolute atomic E-state index is 13.2. The van der Waals surface area contributed by atoms with E-state index in [1.54, 1.807) is 38.6 Å². The van der Waals surface area contributed by atoms with E-state index in [9.17, 15) is 14.0 Å². The van der Waals surface area contributed by atoms with Gasteiger partial charge in [0, 0.05) is 23.3 Å². The number of aromatic nitrogens is 1. The van der Waals surface area contributed by atoms with Crippen LogP contribution in [0.1, 0.15) is 33.6 Å². The summed E-state index contributed by atoms with van der Waals surface area (Å²) in [6.45, 7) is 5.02. The molecule has 0 saturated carbocycles. The monoisotopic (exact) mass is 546 g/mol. The number of pyridine rings is 1. The smallest absolute Gasteiger partial charge is 0.239 e. The Hall–Kier alpha value is -4.73. The molecular weight excluding hydrogens is 515 g/mol. The zero-order chi connectivity index (χ0) is 28.9. The molecule has 1 aromatic heterocycles. The van der Waals surface area contributed by atoms with Gasteiger partial charge in [-0.1, -0.05) is 13.0 Å². The van der Waals surface area contributed by atoms with Crippen LogP contribution in [0.3, 0.4) is 0 Å². The molecule has 0 saturated heterocycles. The van der Waals surface area contributed by atoms with Crippen molar-refractivity contribution in [2.45, 2.75) is 33.6 Å². The Morgan fingerprint density at radius 3 is 2.33 bits per heavy atom. The number of amides is 2. The normalized spacial score (nSPS) is 13.4. The van der Waals surface area contributed by atoms with Crippen LogP contribution in [-0.2, 0) is 9.59 Å². The molecule has 0 bridgehead atoms. The molecule has 3 aromatic rings. The highest BCUT2D eigenvalue weighted by molar-refractivity contribution is 6.11. The molecule has 208 valence electrons. The van der Waals surface area contributed by atoms with Crippen molar-refractivity contribution in [2.24, 2.45) is 10.4 Å². The first kappa shape index (κ1) is 28.3. The lowest BCUT2D eigenvalue weighted by Crippen LogP contribution is -2.45. The molecule has 2 N–H and O–H groups in total. The van der Waals surface area contributed by atoms with E-state index < -0.39 is 23.0 Å². The SMILES string of the molecule is CCC1=C(Oc2ccnc3cc(OC)c(OC)cc23)N=CC(NC(=O)C(C)(C)C(=O)Nc2ccc(F)cc2)=CC1. The number of nitrogens with one attached hydrogen (secondary N) is 2. The maximum Gasteiger partial charge on any atom is 0.239 e. The number of hydrogen-bond acceptors (Lipinski definition) is 7. The molecule has 0 unspecified atom stereocenters. The van der Waals surface area contributed by atoms with E-state index in [0.717, 1.165) is 11.0 Å². The van der Waals surface area contributed by atoms with Crippen LogP contribution in [0.25, 0.3) is 10.9 Å². The number of nitrogens with zero attached hydrogens (tertiary/aromatic N) is 2. The van der Waals surface area contributed by atoms with Crippen LogP contribution in [0.4, 0.5) is 10.1 Å². The summed E-state index contributed by atoms with van der Waals surface area (Å²) in [5.74, 6) is 0.562. The highest BCUT2D eigenvalue weighted by atomic mass is 19.1. The third-order valence-corrected chi connectivity index (χ3v) is 6.53. The first-order chi connectivity index (χ1) is 19.2. The van der Waals surface area contributed by atoms with Gasteiger partial charge in [-0.25, -0.2) is 9.38 Å². The lowest BCUT2D eigenvalue weighted by atomic mass is 9.90. The van der Waals surface area contributed by atoms with Crippen molar-refractivity contribution >= 4 is 34.6 Å². The number of carbonyl (C=O) groups excluding carboxylic acids is 2. The molecule has 0 atom stereocenters. The molecule has 4 rings (SSSR count). The molecule has 10 heteroatoms. The van der Waals surface area contributed by atoms with Gasteiger partial charge in [-0.05, 0) is 68.7 Å². The minimum atomic E-state index is -1.42. The topological polar surface area (TPSA) is 111 Å². The average Bonchev–Trinajstić information content (AvgIpc) is 3.14. The van der Waals surface area contributed by atoms with Crippen LogP contribution in [0.2, 0.25) is 0 Å². The van der Waals surface area contributed by atoms with Crippen molar-refractivity contribution < 1.29 is 28.2 Å². The number of rotatable bonds is 9. The van der Waals surface area contributed by atoms with E-state index in [1.165, 1.54) is 44.3 Å². The van der Waals surface area contributed by atoms with Crippen LogP contribution in [0.5, 0.6) is 17.2 Å². The van der Waals surface area contributed by atoms with Gasteiger partial charge < -0.3 is 24.8 Å². The van der Waals surface area contributed by atoms with Gasteiger partial charge in [-0.2, -0.15) is 0 Å². The first-order valence-electron chi connectivity index (χ1n) is 12.7. The molecule has 1 aliphatic rings. The number of methoxy groups -OCH3 is 2. The molecule has 2 amide bonds. The Morgan fingerprint density at radius 2 is 1.65 bits per heavy atom. The van der Waals surface area contributed by atoms with Crippen LogP contribution in [-0.4, -0.2) is 37.2 Å². The second-order valence-corrected chi connectivity index (χ2v) is 9.56. The van der Waals surface area contributed by atoms with E-state index >= 15 is 0 Å². The van der Waals surface area contributed by atoms with Gasteiger partial charge in [0.05, 0.1) is 31.6 Å². The molecule has 40 heavy (non-hydrogen) atoms. The van der Waals surface area contributed by atoms with E-state index in [4.69, 9.17) is 14.2 Å². The summed E-state index contributed by atoms with van der Waals surface area (Å²) >= 11 is 0. The van der Waals surface area contributed by atoms with E-state index in [0.29, 0.717) is 52.9 Å². The minimum Gasteiger partial charge on any atom is -0.493 e. The standard InChI is InChI=1S/C30H31FN4O5/c1-6-18-7-10-21(35-29(37)30(2,3)28(36)34-20-11-8-19(31)9-12-20)17-33-27(18)40-24-13-14-32-23-16-26(39-5)25(38-4)15-22(23)24/h8-17H,6-7H2,1-5H3,(H,34,36)(H,35,37). The van der Waals surface area contributed by atoms with Crippen molar-refractivity contribution in [2.75, 3.05) is 19.5 Å². The third-order valence-electron chi connectivity index (χ3n) is 6.53. The van der Waals surface area contributed by atoms with Gasteiger partial charge in [0.2, 0.25) is 17.7 Å². The lowest BCUT2D eigenvalue weighted by Gasteiger charge is -2.23. The fraction of sp³-hybridized carbons (Fsp3) is 0.267. The number of allylic oxidation sites excluding steroid dienone is 3.